The first-order valence-corrected chi connectivity index (χ1v) is 9.96. The van der Waals surface area contributed by atoms with Gasteiger partial charge in [0.15, 0.2) is 5.13 Å². The Bertz CT molecular complexity index is 1060. The van der Waals surface area contributed by atoms with Gasteiger partial charge >= 0.3 is 0 Å². The molecule has 1 aromatic carbocycles. The van der Waals surface area contributed by atoms with E-state index in [0.717, 1.165) is 16.1 Å². The Kier molecular flexibility index (Phi) is 4.84. The van der Waals surface area contributed by atoms with E-state index < -0.39 is 10.0 Å². The monoisotopic (exact) mass is 390 g/mol. The maximum atomic E-state index is 12.9. The number of thiazole rings is 1. The van der Waals surface area contributed by atoms with Crippen LogP contribution in [0.5, 0.6) is 5.75 Å². The number of sulfonamides is 1. The van der Waals surface area contributed by atoms with Crippen LogP contribution in [0.1, 0.15) is 11.3 Å². The van der Waals surface area contributed by atoms with Crippen molar-refractivity contribution in [1.29, 1.82) is 0 Å². The van der Waals surface area contributed by atoms with Gasteiger partial charge in [0, 0.05) is 6.20 Å². The van der Waals surface area contributed by atoms with Crippen LogP contribution in [-0.2, 0) is 10.0 Å². The summed E-state index contributed by atoms with van der Waals surface area (Å²) in [6.45, 7) is 3.67. The Morgan fingerprint density at radius 3 is 2.58 bits per heavy atom. The number of pyridine rings is 1. The van der Waals surface area contributed by atoms with Crippen molar-refractivity contribution in [1.82, 2.24) is 9.97 Å². The second-order valence-electron chi connectivity index (χ2n) is 5.69. The van der Waals surface area contributed by atoms with E-state index in [9.17, 15) is 8.42 Å². The van der Waals surface area contributed by atoms with E-state index in [1.165, 1.54) is 24.6 Å². The number of nitrogen functional groups attached to an aromatic ring is 1. The number of hydrogen-bond acceptors (Lipinski definition) is 7. The van der Waals surface area contributed by atoms with Crippen LogP contribution in [0.3, 0.4) is 0 Å². The van der Waals surface area contributed by atoms with Crippen LogP contribution in [0, 0.1) is 13.8 Å². The zero-order valence-electron chi connectivity index (χ0n) is 14.5. The lowest BCUT2D eigenvalue weighted by Gasteiger charge is -2.13. The molecule has 0 atom stereocenters. The molecule has 0 aliphatic rings. The molecule has 0 saturated carbocycles. The van der Waals surface area contributed by atoms with Crippen LogP contribution in [0.2, 0.25) is 0 Å². The van der Waals surface area contributed by atoms with Crippen LogP contribution < -0.4 is 15.2 Å². The van der Waals surface area contributed by atoms with E-state index in [4.69, 9.17) is 10.5 Å². The first-order valence-electron chi connectivity index (χ1n) is 7.66. The average Bonchev–Trinajstić information content (AvgIpc) is 2.92. The van der Waals surface area contributed by atoms with E-state index in [1.807, 2.05) is 13.8 Å². The Morgan fingerprint density at radius 1 is 1.19 bits per heavy atom. The molecular formula is C17H18N4O3S2. The number of nitrogens with one attached hydrogen (secondary N) is 1. The zero-order chi connectivity index (χ0) is 18.9. The molecule has 2 aromatic heterocycles. The molecule has 0 saturated heterocycles. The van der Waals surface area contributed by atoms with Crippen molar-refractivity contribution in [3.8, 4) is 16.2 Å². The lowest BCUT2D eigenvalue weighted by atomic mass is 10.1. The highest BCUT2D eigenvalue weighted by atomic mass is 32.2. The molecule has 0 spiro atoms. The van der Waals surface area contributed by atoms with E-state index in [1.54, 1.807) is 30.5 Å². The lowest BCUT2D eigenvalue weighted by molar-refractivity contribution is 0.403. The molecule has 0 bridgehead atoms. The fraction of sp³-hybridized carbons (Fsp3) is 0.176. The Balaban J connectivity index is 2.07. The number of anilines is 2. The summed E-state index contributed by atoms with van der Waals surface area (Å²) in [5.74, 6) is 0.247. The summed E-state index contributed by atoms with van der Waals surface area (Å²) in [6, 6.07) is 6.67. The summed E-state index contributed by atoms with van der Waals surface area (Å²) in [4.78, 5) is 9.05. The molecule has 7 nitrogen and oxygen atoms in total. The van der Waals surface area contributed by atoms with Crippen molar-refractivity contribution in [2.75, 3.05) is 17.6 Å². The molecule has 26 heavy (non-hydrogen) atoms. The fourth-order valence-electron chi connectivity index (χ4n) is 2.53. The minimum atomic E-state index is -3.87. The quantitative estimate of drug-likeness (QED) is 0.693. The van der Waals surface area contributed by atoms with Crippen LogP contribution in [-0.4, -0.2) is 25.5 Å². The van der Waals surface area contributed by atoms with E-state index >= 15 is 0 Å². The summed E-state index contributed by atoms with van der Waals surface area (Å²) in [7, 11) is -2.44. The van der Waals surface area contributed by atoms with Gasteiger partial charge in [0.1, 0.15) is 10.6 Å². The molecule has 2 heterocycles. The first-order chi connectivity index (χ1) is 12.3. The summed E-state index contributed by atoms with van der Waals surface area (Å²) in [5.41, 5.74) is 8.45. The molecule has 136 valence electrons. The second kappa shape index (κ2) is 6.93. The van der Waals surface area contributed by atoms with Crippen LogP contribution in [0.15, 0.2) is 41.6 Å². The van der Waals surface area contributed by atoms with Crippen LogP contribution in [0.4, 0.5) is 10.8 Å². The zero-order valence-corrected chi connectivity index (χ0v) is 16.1. The van der Waals surface area contributed by atoms with Gasteiger partial charge < -0.3 is 10.5 Å². The number of benzene rings is 1. The molecule has 0 aliphatic heterocycles. The van der Waals surface area contributed by atoms with Gasteiger partial charge in [0.25, 0.3) is 10.0 Å². The number of hydrogen-bond donors (Lipinski definition) is 2. The maximum absolute atomic E-state index is 12.9. The Morgan fingerprint density at radius 2 is 1.96 bits per heavy atom. The number of aryl methyl sites for hydroxylation is 2. The third-order valence-corrected chi connectivity index (χ3v) is 6.09. The smallest absolute Gasteiger partial charge is 0.265 e. The molecule has 0 unspecified atom stereocenters. The topological polar surface area (TPSA) is 107 Å². The van der Waals surface area contributed by atoms with Crippen LogP contribution in [0.25, 0.3) is 10.4 Å². The minimum Gasteiger partial charge on any atom is -0.495 e. The van der Waals surface area contributed by atoms with Gasteiger partial charge in [-0.05, 0) is 49.2 Å². The van der Waals surface area contributed by atoms with Gasteiger partial charge in [-0.25, -0.2) is 13.4 Å². The highest BCUT2D eigenvalue weighted by Crippen LogP contribution is 2.36. The third kappa shape index (κ3) is 3.63. The fourth-order valence-corrected chi connectivity index (χ4v) is 4.59. The van der Waals surface area contributed by atoms with Crippen molar-refractivity contribution >= 4 is 32.2 Å². The first kappa shape index (κ1) is 18.2. The van der Waals surface area contributed by atoms with E-state index in [0.29, 0.717) is 16.4 Å². The van der Waals surface area contributed by atoms with Crippen molar-refractivity contribution in [3.63, 3.8) is 0 Å². The number of nitrogens with two attached hydrogens (primary N) is 1. The highest BCUT2D eigenvalue weighted by Gasteiger charge is 2.22. The second-order valence-corrected chi connectivity index (χ2v) is 8.37. The lowest BCUT2D eigenvalue weighted by Crippen LogP contribution is -2.14. The predicted molar refractivity (Wildman–Crippen MR) is 103 cm³/mol. The molecule has 9 heteroatoms. The third-order valence-electron chi connectivity index (χ3n) is 3.66. The maximum Gasteiger partial charge on any atom is 0.265 e. The highest BCUT2D eigenvalue weighted by molar-refractivity contribution is 7.92. The number of rotatable bonds is 5. The minimum absolute atomic E-state index is 0.0328. The molecule has 3 rings (SSSR count). The molecular weight excluding hydrogens is 372 g/mol. The van der Waals surface area contributed by atoms with Gasteiger partial charge in [-0.3, -0.25) is 9.71 Å². The number of ether oxygens (including phenoxy) is 1. The molecule has 0 radical (unpaired) electrons. The number of nitrogens with zero attached hydrogens (tertiary/aromatic N) is 2. The normalized spacial score (nSPS) is 11.3. The van der Waals surface area contributed by atoms with Crippen molar-refractivity contribution in [2.45, 2.75) is 18.7 Å². The molecule has 0 fully saturated rings. The van der Waals surface area contributed by atoms with Gasteiger partial charge in [-0.15, -0.1) is 0 Å². The van der Waals surface area contributed by atoms with Crippen molar-refractivity contribution < 1.29 is 13.2 Å². The van der Waals surface area contributed by atoms with Crippen molar-refractivity contribution in [3.05, 3.63) is 47.9 Å². The van der Waals surface area contributed by atoms with Gasteiger partial charge in [-0.1, -0.05) is 11.3 Å². The van der Waals surface area contributed by atoms with E-state index in [-0.39, 0.29) is 10.6 Å². The van der Waals surface area contributed by atoms with Gasteiger partial charge in [0.2, 0.25) is 0 Å². The number of aromatic nitrogens is 2. The van der Waals surface area contributed by atoms with Crippen LogP contribution >= 0.6 is 11.3 Å². The van der Waals surface area contributed by atoms with Crippen molar-refractivity contribution in [2.24, 2.45) is 0 Å². The molecule has 0 amide bonds. The summed E-state index contributed by atoms with van der Waals surface area (Å²) < 4.78 is 33.6. The SMILES string of the molecule is COc1ccc(-c2sc(N)nc2C)cc1S(=O)(=O)Nc1cncc(C)c1. The Labute approximate surface area is 155 Å². The van der Waals surface area contributed by atoms with Gasteiger partial charge in [0.05, 0.1) is 29.6 Å². The Hall–Kier alpha value is -2.65. The van der Waals surface area contributed by atoms with E-state index in [2.05, 4.69) is 14.7 Å². The predicted octanol–water partition coefficient (Wildman–Crippen LogP) is 3.21. The summed E-state index contributed by atoms with van der Waals surface area (Å²) >= 11 is 1.31. The number of methoxy groups -OCH3 is 1. The largest absolute Gasteiger partial charge is 0.495 e. The molecule has 3 N–H and O–H groups in total. The average molecular weight is 390 g/mol. The summed E-state index contributed by atoms with van der Waals surface area (Å²) in [5, 5.41) is 0.432. The standard InChI is InChI=1S/C17H18N4O3S2/c1-10-6-13(9-19-8-10)21-26(22,23)15-7-12(4-5-14(15)24-3)16-11(2)20-17(18)25-16/h4-9,21H,1-3H3,(H2,18,20). The molecule has 0 aliphatic carbocycles. The van der Waals surface area contributed by atoms with Gasteiger partial charge in [-0.2, -0.15) is 0 Å². The molecule has 3 aromatic rings. The summed E-state index contributed by atoms with van der Waals surface area (Å²) in [6.07, 6.45) is 3.10.